The molecule has 0 saturated carbocycles. The van der Waals surface area contributed by atoms with Gasteiger partial charge in [-0.25, -0.2) is 0 Å². The summed E-state index contributed by atoms with van der Waals surface area (Å²) in [6, 6.07) is 0. The first-order chi connectivity index (χ1) is 8.17. The van der Waals surface area contributed by atoms with E-state index in [2.05, 4.69) is 22.9 Å². The maximum atomic E-state index is 12.0. The maximum Gasteiger partial charge on any atom is 0.236 e. The lowest BCUT2D eigenvalue weighted by molar-refractivity contribution is -0.130. The van der Waals surface area contributed by atoms with E-state index in [9.17, 15) is 4.79 Å². The summed E-state index contributed by atoms with van der Waals surface area (Å²) in [5.41, 5.74) is 0. The lowest BCUT2D eigenvalue weighted by Gasteiger charge is -2.21. The smallest absolute Gasteiger partial charge is 0.236 e. The van der Waals surface area contributed by atoms with Gasteiger partial charge in [0.25, 0.3) is 0 Å². The third-order valence-corrected chi connectivity index (χ3v) is 4.00. The van der Waals surface area contributed by atoms with Gasteiger partial charge < -0.3 is 4.90 Å². The van der Waals surface area contributed by atoms with Crippen molar-refractivity contribution < 1.29 is 4.79 Å². The molecule has 0 aromatic heterocycles. The van der Waals surface area contributed by atoms with Crippen LogP contribution < -0.4 is 0 Å². The molecule has 0 N–H and O–H groups in total. The summed E-state index contributed by atoms with van der Waals surface area (Å²) in [6.07, 6.45) is 8.68. The maximum absolute atomic E-state index is 12.0. The first-order valence-corrected chi connectivity index (χ1v) is 8.01. The van der Waals surface area contributed by atoms with Gasteiger partial charge in [0, 0.05) is 13.1 Å². The van der Waals surface area contributed by atoms with Crippen LogP contribution in [0.5, 0.6) is 0 Å². The van der Waals surface area contributed by atoms with Crippen molar-refractivity contribution in [2.75, 3.05) is 13.1 Å². The van der Waals surface area contributed by atoms with E-state index in [1.807, 2.05) is 18.7 Å². The van der Waals surface area contributed by atoms with Crippen LogP contribution in [-0.2, 0) is 4.79 Å². The van der Waals surface area contributed by atoms with Crippen molar-refractivity contribution in [2.24, 2.45) is 0 Å². The molecule has 0 rings (SSSR count). The molecule has 0 aliphatic heterocycles. The Morgan fingerprint density at radius 1 is 1.00 bits per heavy atom. The number of halogens is 1. The molecule has 0 bridgehead atoms. The zero-order chi connectivity index (χ0) is 13.1. The molecular formula is C14H28BrNO. The number of carbonyl (C=O) groups is 1. The van der Waals surface area contributed by atoms with Gasteiger partial charge in [0.05, 0.1) is 4.83 Å². The Labute approximate surface area is 115 Å². The molecular weight excluding hydrogens is 278 g/mol. The first kappa shape index (κ1) is 16.9. The highest BCUT2D eigenvalue weighted by atomic mass is 79.9. The molecule has 0 saturated heterocycles. The number of nitrogens with zero attached hydrogens (tertiary/aromatic N) is 1. The Hall–Kier alpha value is -0.0500. The van der Waals surface area contributed by atoms with Crippen LogP contribution in [0.15, 0.2) is 0 Å². The van der Waals surface area contributed by atoms with Gasteiger partial charge in [0.1, 0.15) is 0 Å². The van der Waals surface area contributed by atoms with Crippen LogP contribution in [0.1, 0.15) is 65.7 Å². The summed E-state index contributed by atoms with van der Waals surface area (Å²) in [5.74, 6) is 0.253. The van der Waals surface area contributed by atoms with Gasteiger partial charge in [0.2, 0.25) is 5.91 Å². The number of unbranched alkanes of at least 4 members (excludes halogenated alkanes) is 5. The number of rotatable bonds is 10. The normalized spacial score (nSPS) is 12.5. The minimum atomic E-state index is 0.0218. The van der Waals surface area contributed by atoms with Gasteiger partial charge in [-0.2, -0.15) is 0 Å². The molecule has 0 aromatic carbocycles. The van der Waals surface area contributed by atoms with Crippen molar-refractivity contribution >= 4 is 21.8 Å². The molecule has 0 radical (unpaired) electrons. The molecule has 1 amide bonds. The number of carbonyl (C=O) groups excluding carboxylic acids is 1. The van der Waals surface area contributed by atoms with Crippen molar-refractivity contribution in [1.82, 2.24) is 4.90 Å². The van der Waals surface area contributed by atoms with E-state index in [0.29, 0.717) is 0 Å². The highest BCUT2D eigenvalue weighted by molar-refractivity contribution is 9.10. The van der Waals surface area contributed by atoms with E-state index in [4.69, 9.17) is 0 Å². The van der Waals surface area contributed by atoms with E-state index in [1.165, 1.54) is 32.1 Å². The van der Waals surface area contributed by atoms with E-state index >= 15 is 0 Å². The fourth-order valence-electron chi connectivity index (χ4n) is 1.96. The van der Waals surface area contributed by atoms with Crippen LogP contribution in [0.25, 0.3) is 0 Å². The fourth-order valence-corrected chi connectivity index (χ4v) is 2.57. The van der Waals surface area contributed by atoms with E-state index in [1.54, 1.807) is 0 Å². The largest absolute Gasteiger partial charge is 0.342 e. The van der Waals surface area contributed by atoms with Crippen molar-refractivity contribution in [3.05, 3.63) is 0 Å². The van der Waals surface area contributed by atoms with Crippen molar-refractivity contribution in [2.45, 2.75) is 70.5 Å². The minimum absolute atomic E-state index is 0.0218. The molecule has 0 aliphatic carbocycles. The van der Waals surface area contributed by atoms with Gasteiger partial charge in [-0.15, -0.1) is 0 Å². The zero-order valence-corrected chi connectivity index (χ0v) is 13.3. The van der Waals surface area contributed by atoms with E-state index in [0.717, 1.165) is 25.9 Å². The molecule has 0 spiro atoms. The summed E-state index contributed by atoms with van der Waals surface area (Å²) < 4.78 is 0. The van der Waals surface area contributed by atoms with Crippen LogP contribution >= 0.6 is 15.9 Å². The summed E-state index contributed by atoms with van der Waals surface area (Å²) in [5, 5.41) is 0. The molecule has 0 aromatic rings. The zero-order valence-electron chi connectivity index (χ0n) is 11.7. The summed E-state index contributed by atoms with van der Waals surface area (Å²) in [7, 11) is 0. The summed E-state index contributed by atoms with van der Waals surface area (Å²) in [6.45, 7) is 7.93. The highest BCUT2D eigenvalue weighted by Gasteiger charge is 2.18. The molecule has 0 heterocycles. The monoisotopic (exact) mass is 305 g/mol. The van der Waals surface area contributed by atoms with E-state index in [-0.39, 0.29) is 10.7 Å². The van der Waals surface area contributed by atoms with Crippen LogP contribution in [0.4, 0.5) is 0 Å². The van der Waals surface area contributed by atoms with Crippen molar-refractivity contribution in [1.29, 1.82) is 0 Å². The Morgan fingerprint density at radius 3 is 2.06 bits per heavy atom. The number of alkyl halides is 1. The number of hydrogen-bond donors (Lipinski definition) is 0. The third-order valence-electron chi connectivity index (χ3n) is 3.15. The van der Waals surface area contributed by atoms with Gasteiger partial charge in [0.15, 0.2) is 0 Å². The standard InChI is InChI=1S/C14H28BrNO/c1-4-7-8-9-10-11-12-13(15)14(17)16(5-2)6-3/h13H,4-12H2,1-3H3. The predicted octanol–water partition coefficient (Wildman–Crippen LogP) is 4.37. The number of amides is 1. The Balaban J connectivity index is 3.63. The first-order valence-electron chi connectivity index (χ1n) is 7.10. The Bertz CT molecular complexity index is 193. The van der Waals surface area contributed by atoms with Crippen LogP contribution in [-0.4, -0.2) is 28.7 Å². The van der Waals surface area contributed by atoms with Gasteiger partial charge in [-0.1, -0.05) is 61.4 Å². The van der Waals surface area contributed by atoms with Crippen LogP contribution in [0.3, 0.4) is 0 Å². The third kappa shape index (κ3) is 7.80. The Morgan fingerprint density at radius 2 is 1.53 bits per heavy atom. The number of hydrogen-bond acceptors (Lipinski definition) is 1. The predicted molar refractivity (Wildman–Crippen MR) is 78.6 cm³/mol. The molecule has 17 heavy (non-hydrogen) atoms. The molecule has 2 nitrogen and oxygen atoms in total. The summed E-state index contributed by atoms with van der Waals surface area (Å²) >= 11 is 3.52. The van der Waals surface area contributed by atoms with Gasteiger partial charge in [-0.3, -0.25) is 4.79 Å². The molecule has 3 heteroatoms. The lowest BCUT2D eigenvalue weighted by Crippen LogP contribution is -2.36. The fraction of sp³-hybridized carbons (Fsp3) is 0.929. The van der Waals surface area contributed by atoms with Crippen molar-refractivity contribution in [3.63, 3.8) is 0 Å². The molecule has 102 valence electrons. The van der Waals surface area contributed by atoms with Crippen LogP contribution in [0.2, 0.25) is 0 Å². The highest BCUT2D eigenvalue weighted by Crippen LogP contribution is 2.15. The summed E-state index contributed by atoms with van der Waals surface area (Å²) in [4.78, 5) is 13.9. The molecule has 0 fully saturated rings. The topological polar surface area (TPSA) is 20.3 Å². The Kier molecular flexibility index (Phi) is 11.0. The van der Waals surface area contributed by atoms with Crippen LogP contribution in [0, 0.1) is 0 Å². The van der Waals surface area contributed by atoms with Crippen molar-refractivity contribution in [3.8, 4) is 0 Å². The quantitative estimate of drug-likeness (QED) is 0.433. The minimum Gasteiger partial charge on any atom is -0.342 e. The second-order valence-corrected chi connectivity index (χ2v) is 5.64. The van der Waals surface area contributed by atoms with E-state index < -0.39 is 0 Å². The second-order valence-electron chi connectivity index (χ2n) is 4.53. The molecule has 1 unspecified atom stereocenters. The van der Waals surface area contributed by atoms with Gasteiger partial charge >= 0.3 is 0 Å². The molecule has 1 atom stereocenters. The average molecular weight is 306 g/mol. The molecule has 0 aliphatic rings. The second kappa shape index (κ2) is 11.1. The SMILES string of the molecule is CCCCCCCCC(Br)C(=O)N(CC)CC. The van der Waals surface area contributed by atoms with Gasteiger partial charge in [-0.05, 0) is 20.3 Å². The lowest BCUT2D eigenvalue weighted by atomic mass is 10.1. The average Bonchev–Trinajstić information content (AvgIpc) is 2.34.